The normalized spacial score (nSPS) is 6.75. The summed E-state index contributed by atoms with van der Waals surface area (Å²) in [5.74, 6) is -1.49. The van der Waals surface area contributed by atoms with E-state index in [-0.39, 0.29) is 17.0 Å². The van der Waals surface area contributed by atoms with E-state index in [0.29, 0.717) is 0 Å². The molecule has 0 aromatic rings. The predicted octanol–water partition coefficient (Wildman–Crippen LogP) is 1.01. The van der Waals surface area contributed by atoms with Crippen molar-refractivity contribution >= 4 is 45.0 Å². The van der Waals surface area contributed by atoms with E-state index in [1.165, 1.54) is 0 Å². The Balaban J connectivity index is 0. The van der Waals surface area contributed by atoms with Gasteiger partial charge in [0.2, 0.25) is 5.78 Å². The molecule has 5 heteroatoms. The number of carbonyl (C=O) groups is 2. The molecule has 0 N–H and O–H groups in total. The predicted molar refractivity (Wildman–Crippen MR) is 36.0 cm³/mol. The summed E-state index contributed by atoms with van der Waals surface area (Å²) >= 11 is 2.34. The number of Topliss-reactive ketones (excluding diaryl/α,β-unsaturated/α-hetero) is 1. The van der Waals surface area contributed by atoms with Gasteiger partial charge in [-0.1, -0.05) is 0 Å². The van der Waals surface area contributed by atoms with Crippen LogP contribution in [0.15, 0.2) is 0 Å². The van der Waals surface area contributed by atoms with Gasteiger partial charge in [0, 0.05) is 6.92 Å². The molecule has 48 valence electrons. The largest absolute Gasteiger partial charge is 0.385 e. The third kappa shape index (κ3) is 4.26. The van der Waals surface area contributed by atoms with E-state index >= 15 is 0 Å². The van der Waals surface area contributed by atoms with E-state index in [1.54, 1.807) is 0 Å². The van der Waals surface area contributed by atoms with Gasteiger partial charge in [-0.3, -0.25) is 4.79 Å². The second-order valence-electron chi connectivity index (χ2n) is 0.921. The average Bonchev–Trinajstić information content (AvgIpc) is 1.65. The van der Waals surface area contributed by atoms with Crippen LogP contribution in [0.25, 0.3) is 0 Å². The Bertz CT molecular complexity index is 101. The van der Waals surface area contributed by atoms with Crippen molar-refractivity contribution in [2.45, 2.75) is 6.92 Å². The van der Waals surface area contributed by atoms with E-state index in [0.717, 1.165) is 6.92 Å². The molecule has 0 aliphatic heterocycles. The van der Waals surface area contributed by atoms with Gasteiger partial charge in [0.25, 0.3) is 0 Å². The molecular formula is C3H4Br2O3. The molecule has 0 unspecified atom stereocenters. The highest BCUT2D eigenvalue weighted by molar-refractivity contribution is 9.06. The van der Waals surface area contributed by atoms with Crippen LogP contribution in [0.2, 0.25) is 0 Å². The second kappa shape index (κ2) is 5.24. The summed E-state index contributed by atoms with van der Waals surface area (Å²) in [7, 11) is 0. The fourth-order valence-corrected chi connectivity index (χ4v) is 0.282. The first-order valence-corrected chi connectivity index (χ1v) is 2.16. The molecule has 3 nitrogen and oxygen atoms in total. The highest BCUT2D eigenvalue weighted by atomic mass is 79.9. The van der Waals surface area contributed by atoms with Gasteiger partial charge >= 0.3 is 5.97 Å². The molecule has 0 heterocycles. The van der Waals surface area contributed by atoms with Crippen LogP contribution in [0.1, 0.15) is 6.92 Å². The molecule has 0 amide bonds. The number of hydrogen-bond acceptors (Lipinski definition) is 3. The number of ketones is 1. The highest BCUT2D eigenvalue weighted by Gasteiger charge is 2.05. The van der Waals surface area contributed by atoms with Crippen molar-refractivity contribution in [1.82, 2.24) is 0 Å². The maximum Gasteiger partial charge on any atom is 0.385 e. The van der Waals surface area contributed by atoms with E-state index < -0.39 is 11.8 Å². The monoisotopic (exact) mass is 246 g/mol. The molecule has 0 saturated heterocycles. The lowest BCUT2D eigenvalue weighted by Gasteiger charge is -1.82. The molecule has 8 heavy (non-hydrogen) atoms. The molecule has 0 aromatic carbocycles. The third-order valence-corrected chi connectivity index (χ3v) is 0.652. The van der Waals surface area contributed by atoms with Crippen LogP contribution >= 0.6 is 33.2 Å². The van der Waals surface area contributed by atoms with Crippen LogP contribution in [-0.2, 0) is 13.4 Å². The van der Waals surface area contributed by atoms with Crippen LogP contribution < -0.4 is 0 Å². The minimum absolute atomic E-state index is 0. The van der Waals surface area contributed by atoms with E-state index in [4.69, 9.17) is 0 Å². The molecular weight excluding hydrogens is 244 g/mol. The van der Waals surface area contributed by atoms with Crippen molar-refractivity contribution in [3.8, 4) is 0 Å². The van der Waals surface area contributed by atoms with Crippen molar-refractivity contribution in [2.75, 3.05) is 0 Å². The SMILES string of the molecule is Br.CC(=O)C(=O)OBr. The van der Waals surface area contributed by atoms with Gasteiger partial charge in [-0.25, -0.2) is 4.79 Å². The first kappa shape index (κ1) is 11.0. The van der Waals surface area contributed by atoms with Crippen LogP contribution in [0, 0.1) is 0 Å². The fourth-order valence-electron chi connectivity index (χ4n) is 0.0543. The van der Waals surface area contributed by atoms with Gasteiger partial charge < -0.3 is 3.83 Å². The molecule has 0 saturated carbocycles. The van der Waals surface area contributed by atoms with Crippen LogP contribution in [0.5, 0.6) is 0 Å². The topological polar surface area (TPSA) is 43.4 Å². The molecule has 0 atom stereocenters. The maximum absolute atomic E-state index is 9.89. The summed E-state index contributed by atoms with van der Waals surface area (Å²) in [5.41, 5.74) is 0. The zero-order valence-corrected chi connectivity index (χ0v) is 7.31. The maximum atomic E-state index is 9.89. The molecule has 0 fully saturated rings. The lowest BCUT2D eigenvalue weighted by atomic mass is 10.5. The summed E-state index contributed by atoms with van der Waals surface area (Å²) in [6.07, 6.45) is 0. The Morgan fingerprint density at radius 1 is 1.50 bits per heavy atom. The van der Waals surface area contributed by atoms with Crippen molar-refractivity contribution < 1.29 is 13.4 Å². The Kier molecular flexibility index (Phi) is 7.19. The Morgan fingerprint density at radius 2 is 1.88 bits per heavy atom. The standard InChI is InChI=1S/C3H3BrO3.BrH/c1-2(5)3(6)7-4;/h1H3;1H. The first-order chi connectivity index (χ1) is 3.18. The molecule has 0 aliphatic carbocycles. The van der Waals surface area contributed by atoms with E-state index in [1.807, 2.05) is 0 Å². The number of halogens is 2. The minimum Gasteiger partial charge on any atom is -0.378 e. The van der Waals surface area contributed by atoms with E-state index in [2.05, 4.69) is 20.1 Å². The number of carbonyl (C=O) groups excluding carboxylic acids is 2. The Labute approximate surface area is 65.6 Å². The van der Waals surface area contributed by atoms with Gasteiger partial charge in [0.15, 0.2) is 16.3 Å². The van der Waals surface area contributed by atoms with Crippen molar-refractivity contribution in [3.63, 3.8) is 0 Å². The second-order valence-corrected chi connectivity index (χ2v) is 1.24. The van der Waals surface area contributed by atoms with Crippen molar-refractivity contribution in [2.24, 2.45) is 0 Å². The van der Waals surface area contributed by atoms with Crippen molar-refractivity contribution in [3.05, 3.63) is 0 Å². The van der Waals surface area contributed by atoms with Gasteiger partial charge in [-0.05, 0) is 0 Å². The summed E-state index contributed by atoms with van der Waals surface area (Å²) in [6.45, 7) is 1.13. The molecule has 0 radical (unpaired) electrons. The number of rotatable bonds is 1. The van der Waals surface area contributed by atoms with Gasteiger partial charge in [0.05, 0.1) is 0 Å². The summed E-state index contributed by atoms with van der Waals surface area (Å²) in [6, 6.07) is 0. The highest BCUT2D eigenvalue weighted by Crippen LogP contribution is 1.85. The molecule has 0 aliphatic rings. The third-order valence-electron chi connectivity index (χ3n) is 0.358. The quantitative estimate of drug-likeness (QED) is 0.650. The van der Waals surface area contributed by atoms with Crippen LogP contribution in [0.4, 0.5) is 0 Å². The van der Waals surface area contributed by atoms with Crippen LogP contribution in [0.3, 0.4) is 0 Å². The average molecular weight is 248 g/mol. The van der Waals surface area contributed by atoms with Gasteiger partial charge in [-0.15, -0.1) is 17.0 Å². The summed E-state index contributed by atoms with van der Waals surface area (Å²) in [5, 5.41) is 0. The fraction of sp³-hybridized carbons (Fsp3) is 0.333. The van der Waals surface area contributed by atoms with Gasteiger partial charge in [-0.2, -0.15) is 0 Å². The molecule has 0 rings (SSSR count). The summed E-state index contributed by atoms with van der Waals surface area (Å²) < 4.78 is 3.84. The lowest BCUT2D eigenvalue weighted by molar-refractivity contribution is -0.144. The minimum atomic E-state index is -0.875. The van der Waals surface area contributed by atoms with Crippen molar-refractivity contribution in [1.29, 1.82) is 0 Å². The molecule has 0 bridgehead atoms. The zero-order chi connectivity index (χ0) is 5.86. The van der Waals surface area contributed by atoms with E-state index in [9.17, 15) is 9.59 Å². The summed E-state index contributed by atoms with van der Waals surface area (Å²) in [4.78, 5) is 19.8. The Morgan fingerprint density at radius 3 is 1.88 bits per heavy atom. The smallest absolute Gasteiger partial charge is 0.378 e. The van der Waals surface area contributed by atoms with Crippen LogP contribution in [-0.4, -0.2) is 11.8 Å². The lowest BCUT2D eigenvalue weighted by Crippen LogP contribution is -2.07. The molecule has 0 aromatic heterocycles. The number of hydrogen-bond donors (Lipinski definition) is 0. The zero-order valence-electron chi connectivity index (χ0n) is 4.01. The molecule has 0 spiro atoms. The first-order valence-electron chi connectivity index (χ1n) is 1.52. The Hall–Kier alpha value is 0.1000. The van der Waals surface area contributed by atoms with Gasteiger partial charge in [0.1, 0.15) is 0 Å².